The van der Waals surface area contributed by atoms with Crippen molar-refractivity contribution in [3.63, 3.8) is 0 Å². The molecule has 3 heteroatoms. The Morgan fingerprint density at radius 3 is 1.31 bits per heavy atom. The van der Waals surface area contributed by atoms with Gasteiger partial charge in [0.15, 0.2) is 0 Å². The average molecular weight is 222 g/mol. The lowest BCUT2D eigenvalue weighted by atomic mass is 10.3. The Morgan fingerprint density at radius 2 is 1.19 bits per heavy atom. The third kappa shape index (κ3) is 10.2. The van der Waals surface area contributed by atoms with Gasteiger partial charge in [-0.3, -0.25) is 0 Å². The van der Waals surface area contributed by atoms with Crippen molar-refractivity contribution in [2.45, 2.75) is 20.8 Å². The molecule has 0 N–H and O–H groups in total. The maximum Gasteiger partial charge on any atom is 0.340 e. The molecule has 0 spiro atoms. The van der Waals surface area contributed by atoms with E-state index in [-0.39, 0.29) is 11.1 Å². The first-order chi connectivity index (χ1) is 7.22. The summed E-state index contributed by atoms with van der Waals surface area (Å²) in [6.07, 6.45) is 1.72. The largest absolute Gasteiger partial charge is 0.386 e. The van der Waals surface area contributed by atoms with Crippen molar-refractivity contribution in [3.05, 3.63) is 49.1 Å². The standard InChI is InChI=1S/C8H10O3.C5H8/c1-5(2)7(9)11-8(10)6(3)4;1-4-5(2)3/h1,3H2,2,4H3;4H,1-2H2,3H3. The molecule has 0 aromatic carbocycles. The summed E-state index contributed by atoms with van der Waals surface area (Å²) in [7, 11) is 0. The Kier molecular flexibility index (Phi) is 8.69. The molecule has 0 atom stereocenters. The van der Waals surface area contributed by atoms with E-state index in [1.165, 1.54) is 13.8 Å². The van der Waals surface area contributed by atoms with Crippen molar-refractivity contribution in [1.29, 1.82) is 0 Å². The van der Waals surface area contributed by atoms with Crippen LogP contribution in [-0.4, -0.2) is 11.9 Å². The predicted molar refractivity (Wildman–Crippen MR) is 65.7 cm³/mol. The molecule has 0 fully saturated rings. The Labute approximate surface area is 96.8 Å². The number of carbonyl (C=O) groups excluding carboxylic acids is 2. The van der Waals surface area contributed by atoms with Gasteiger partial charge in [0.25, 0.3) is 0 Å². The molecule has 0 saturated heterocycles. The van der Waals surface area contributed by atoms with E-state index >= 15 is 0 Å². The minimum absolute atomic E-state index is 0.194. The minimum atomic E-state index is -0.710. The third-order valence-corrected chi connectivity index (χ3v) is 1.23. The van der Waals surface area contributed by atoms with E-state index in [0.717, 1.165) is 5.57 Å². The maximum atomic E-state index is 10.7. The molecule has 0 aromatic heterocycles. The lowest BCUT2D eigenvalue weighted by Crippen LogP contribution is -2.12. The van der Waals surface area contributed by atoms with Crippen LogP contribution in [0.3, 0.4) is 0 Å². The van der Waals surface area contributed by atoms with E-state index in [2.05, 4.69) is 31.1 Å². The Morgan fingerprint density at radius 1 is 0.938 bits per heavy atom. The normalized spacial score (nSPS) is 7.94. The van der Waals surface area contributed by atoms with Crippen LogP contribution in [0.25, 0.3) is 0 Å². The fourth-order valence-corrected chi connectivity index (χ4v) is 0.258. The minimum Gasteiger partial charge on any atom is -0.386 e. The van der Waals surface area contributed by atoms with Gasteiger partial charge in [-0.2, -0.15) is 0 Å². The third-order valence-electron chi connectivity index (χ3n) is 1.23. The molecule has 0 heterocycles. The fourth-order valence-electron chi connectivity index (χ4n) is 0.258. The molecule has 0 aromatic rings. The summed E-state index contributed by atoms with van der Waals surface area (Å²) in [6, 6.07) is 0. The summed E-state index contributed by atoms with van der Waals surface area (Å²) >= 11 is 0. The summed E-state index contributed by atoms with van der Waals surface area (Å²) in [5.41, 5.74) is 1.41. The van der Waals surface area contributed by atoms with Crippen LogP contribution in [-0.2, 0) is 14.3 Å². The molecule has 0 unspecified atom stereocenters. The molecule has 3 nitrogen and oxygen atoms in total. The number of esters is 2. The zero-order valence-electron chi connectivity index (χ0n) is 10.1. The van der Waals surface area contributed by atoms with E-state index in [4.69, 9.17) is 0 Å². The summed E-state index contributed by atoms with van der Waals surface area (Å²) < 4.78 is 4.30. The molecular formula is C13H18O3. The van der Waals surface area contributed by atoms with Crippen LogP contribution in [0.4, 0.5) is 0 Å². The van der Waals surface area contributed by atoms with Crippen LogP contribution in [0, 0.1) is 0 Å². The second kappa shape index (κ2) is 8.41. The monoisotopic (exact) mass is 222 g/mol. The lowest BCUT2D eigenvalue weighted by molar-refractivity contribution is -0.153. The molecule has 0 aliphatic heterocycles. The number of hydrogen-bond donors (Lipinski definition) is 0. The topological polar surface area (TPSA) is 43.4 Å². The van der Waals surface area contributed by atoms with E-state index in [1.807, 2.05) is 6.92 Å². The SMILES string of the molecule is C=C(C)C(=O)OC(=O)C(=C)C.C=CC(=C)C. The highest BCUT2D eigenvalue weighted by atomic mass is 16.6. The summed E-state index contributed by atoms with van der Waals surface area (Å²) in [5.74, 6) is -1.42. The molecule has 0 saturated carbocycles. The van der Waals surface area contributed by atoms with Gasteiger partial charge in [0.05, 0.1) is 0 Å². The molecule has 0 rings (SSSR count). The zero-order chi connectivity index (χ0) is 13.3. The van der Waals surface area contributed by atoms with Gasteiger partial charge in [0.2, 0.25) is 0 Å². The fraction of sp³-hybridized carbons (Fsp3) is 0.231. The van der Waals surface area contributed by atoms with Crippen molar-refractivity contribution in [3.8, 4) is 0 Å². The van der Waals surface area contributed by atoms with Gasteiger partial charge in [0.1, 0.15) is 0 Å². The van der Waals surface area contributed by atoms with Crippen LogP contribution >= 0.6 is 0 Å². The van der Waals surface area contributed by atoms with Crippen molar-refractivity contribution >= 4 is 11.9 Å². The van der Waals surface area contributed by atoms with E-state index < -0.39 is 11.9 Å². The Bertz CT molecular complexity index is 311. The van der Waals surface area contributed by atoms with Crippen LogP contribution in [0.15, 0.2) is 49.1 Å². The highest BCUT2D eigenvalue weighted by Gasteiger charge is 2.10. The van der Waals surface area contributed by atoms with Gasteiger partial charge in [-0.25, -0.2) is 9.59 Å². The number of carbonyl (C=O) groups is 2. The lowest BCUT2D eigenvalue weighted by Gasteiger charge is -1.99. The van der Waals surface area contributed by atoms with Gasteiger partial charge < -0.3 is 4.74 Å². The van der Waals surface area contributed by atoms with Crippen molar-refractivity contribution in [1.82, 2.24) is 0 Å². The second-order valence-corrected chi connectivity index (χ2v) is 3.29. The zero-order valence-corrected chi connectivity index (χ0v) is 10.1. The average Bonchev–Trinajstić information content (AvgIpc) is 2.18. The van der Waals surface area contributed by atoms with Crippen LogP contribution in [0.5, 0.6) is 0 Å². The summed E-state index contributed by atoms with van der Waals surface area (Å²) in [5, 5.41) is 0. The van der Waals surface area contributed by atoms with E-state index in [1.54, 1.807) is 6.08 Å². The smallest absolute Gasteiger partial charge is 0.340 e. The highest BCUT2D eigenvalue weighted by molar-refractivity contribution is 6.00. The summed E-state index contributed by atoms with van der Waals surface area (Å²) in [6.45, 7) is 18.5. The number of ether oxygens (including phenoxy) is 1. The van der Waals surface area contributed by atoms with E-state index in [0.29, 0.717) is 0 Å². The van der Waals surface area contributed by atoms with Gasteiger partial charge in [-0.1, -0.05) is 38.0 Å². The molecule has 0 amide bonds. The maximum absolute atomic E-state index is 10.7. The first-order valence-corrected chi connectivity index (χ1v) is 4.57. The van der Waals surface area contributed by atoms with Crippen molar-refractivity contribution in [2.24, 2.45) is 0 Å². The Balaban J connectivity index is 0. The van der Waals surface area contributed by atoms with E-state index in [9.17, 15) is 9.59 Å². The van der Waals surface area contributed by atoms with Crippen molar-refractivity contribution in [2.75, 3.05) is 0 Å². The molecule has 0 radical (unpaired) electrons. The van der Waals surface area contributed by atoms with Crippen LogP contribution in [0.2, 0.25) is 0 Å². The second-order valence-electron chi connectivity index (χ2n) is 3.29. The number of hydrogen-bond acceptors (Lipinski definition) is 3. The van der Waals surface area contributed by atoms with Gasteiger partial charge >= 0.3 is 11.9 Å². The molecule has 88 valence electrons. The highest BCUT2D eigenvalue weighted by Crippen LogP contribution is 1.97. The number of allylic oxidation sites excluding steroid dienone is 2. The summed E-state index contributed by atoms with van der Waals surface area (Å²) in [4.78, 5) is 21.3. The molecule has 0 aliphatic rings. The first kappa shape index (κ1) is 16.5. The van der Waals surface area contributed by atoms with Gasteiger partial charge in [-0.15, -0.1) is 0 Å². The molecule has 16 heavy (non-hydrogen) atoms. The van der Waals surface area contributed by atoms with Crippen LogP contribution < -0.4 is 0 Å². The molecule has 0 aliphatic carbocycles. The van der Waals surface area contributed by atoms with Gasteiger partial charge in [-0.05, 0) is 20.8 Å². The van der Waals surface area contributed by atoms with Gasteiger partial charge in [0, 0.05) is 11.1 Å². The van der Waals surface area contributed by atoms with Crippen molar-refractivity contribution < 1.29 is 14.3 Å². The Hall–Kier alpha value is -1.90. The molecule has 0 bridgehead atoms. The number of rotatable bonds is 3. The quantitative estimate of drug-likeness (QED) is 0.319. The van der Waals surface area contributed by atoms with Crippen LogP contribution in [0.1, 0.15) is 20.8 Å². The predicted octanol–water partition coefficient (Wildman–Crippen LogP) is 2.96. The first-order valence-electron chi connectivity index (χ1n) is 4.57. The molecular weight excluding hydrogens is 204 g/mol.